The Hall–Kier alpha value is -3.95. The number of aromatic nitrogens is 6. The van der Waals surface area contributed by atoms with E-state index < -0.39 is 5.82 Å². The van der Waals surface area contributed by atoms with E-state index in [-0.39, 0.29) is 5.69 Å². The monoisotopic (exact) mass is 509 g/mol. The van der Waals surface area contributed by atoms with Crippen LogP contribution in [0.5, 0.6) is 0 Å². The molecule has 1 aliphatic rings. The second-order valence-electron chi connectivity index (χ2n) is 9.46. The van der Waals surface area contributed by atoms with Gasteiger partial charge in [0, 0.05) is 34.9 Å². The van der Waals surface area contributed by atoms with Gasteiger partial charge >= 0.3 is 0 Å². The molecule has 7 nitrogen and oxygen atoms in total. The molecule has 6 aromatic rings. The summed E-state index contributed by atoms with van der Waals surface area (Å²) in [7, 11) is 0. The average Bonchev–Trinajstić information content (AvgIpc) is 3.69. The summed E-state index contributed by atoms with van der Waals surface area (Å²) in [5, 5.41) is 9.76. The van der Waals surface area contributed by atoms with E-state index in [2.05, 4.69) is 36.1 Å². The maximum absolute atomic E-state index is 16.1. The van der Waals surface area contributed by atoms with Crippen LogP contribution in [0.1, 0.15) is 24.8 Å². The smallest absolute Gasteiger partial charge is 0.161 e. The first kappa shape index (κ1) is 22.3. The summed E-state index contributed by atoms with van der Waals surface area (Å²) >= 11 is 1.66. The highest BCUT2D eigenvalue weighted by molar-refractivity contribution is 7.13. The van der Waals surface area contributed by atoms with Crippen molar-refractivity contribution in [2.45, 2.75) is 25.8 Å². The first-order valence-electron chi connectivity index (χ1n) is 12.5. The summed E-state index contributed by atoms with van der Waals surface area (Å²) in [4.78, 5) is 20.6. The van der Waals surface area contributed by atoms with Crippen molar-refractivity contribution in [1.82, 2.24) is 35.0 Å². The third kappa shape index (κ3) is 4.00. The first-order valence-corrected chi connectivity index (χ1v) is 13.3. The van der Waals surface area contributed by atoms with E-state index in [4.69, 9.17) is 4.98 Å². The van der Waals surface area contributed by atoms with Gasteiger partial charge in [0.1, 0.15) is 11.4 Å². The van der Waals surface area contributed by atoms with Crippen LogP contribution in [0.4, 0.5) is 4.39 Å². The van der Waals surface area contributed by atoms with E-state index >= 15 is 4.39 Å². The van der Waals surface area contributed by atoms with E-state index in [1.165, 1.54) is 19.3 Å². The van der Waals surface area contributed by atoms with Gasteiger partial charge in [-0.1, -0.05) is 24.6 Å². The van der Waals surface area contributed by atoms with Crippen LogP contribution in [-0.2, 0) is 6.54 Å². The van der Waals surface area contributed by atoms with Crippen LogP contribution in [0.15, 0.2) is 60.4 Å². The van der Waals surface area contributed by atoms with Crippen molar-refractivity contribution in [3.8, 4) is 33.2 Å². The van der Waals surface area contributed by atoms with Crippen LogP contribution in [0.2, 0.25) is 0 Å². The second-order valence-corrected chi connectivity index (χ2v) is 10.4. The Morgan fingerprint density at radius 3 is 2.76 bits per heavy atom. The molecule has 0 unspecified atom stereocenters. The van der Waals surface area contributed by atoms with Crippen LogP contribution in [0, 0.1) is 5.82 Å². The van der Waals surface area contributed by atoms with Crippen LogP contribution >= 0.6 is 11.3 Å². The van der Waals surface area contributed by atoms with Crippen LogP contribution in [-0.4, -0.2) is 48.1 Å². The van der Waals surface area contributed by atoms with Gasteiger partial charge in [0.05, 0.1) is 28.1 Å². The van der Waals surface area contributed by atoms with E-state index in [0.29, 0.717) is 28.0 Å². The van der Waals surface area contributed by atoms with Gasteiger partial charge in [-0.3, -0.25) is 20.0 Å². The SMILES string of the molecule is Fc1c(-c2cncc(CN3CCCCC3)c2)ncc2[nH]nc(-c3nc4c(-c5cccs5)cccc4[nH]3)c12. The highest BCUT2D eigenvalue weighted by atomic mass is 32.1. The summed E-state index contributed by atoms with van der Waals surface area (Å²) in [6.45, 7) is 2.99. The third-order valence-corrected chi connectivity index (χ3v) is 7.89. The number of rotatable bonds is 5. The van der Waals surface area contributed by atoms with Crippen molar-refractivity contribution < 1.29 is 4.39 Å². The number of hydrogen-bond acceptors (Lipinski definition) is 6. The van der Waals surface area contributed by atoms with Crippen molar-refractivity contribution in [1.29, 1.82) is 0 Å². The molecule has 0 aliphatic carbocycles. The van der Waals surface area contributed by atoms with Gasteiger partial charge < -0.3 is 4.98 Å². The van der Waals surface area contributed by atoms with Crippen molar-refractivity contribution >= 4 is 33.3 Å². The van der Waals surface area contributed by atoms with E-state index in [1.54, 1.807) is 23.7 Å². The maximum atomic E-state index is 16.1. The fourth-order valence-electron chi connectivity index (χ4n) is 5.20. The largest absolute Gasteiger partial charge is 0.337 e. The van der Waals surface area contributed by atoms with Gasteiger partial charge in [0.25, 0.3) is 0 Å². The predicted octanol–water partition coefficient (Wildman–Crippen LogP) is 6.42. The van der Waals surface area contributed by atoms with Gasteiger partial charge in [0.15, 0.2) is 11.6 Å². The average molecular weight is 510 g/mol. The molecule has 5 aromatic heterocycles. The van der Waals surface area contributed by atoms with E-state index in [9.17, 15) is 0 Å². The topological polar surface area (TPSA) is 86.4 Å². The molecule has 1 fully saturated rings. The standard InChI is InChI=1S/C28H24FN7S/c29-24-23-21(15-31-25(24)18-12-17(13-30-14-18)16-36-9-2-1-3-10-36)34-35-27(23)28-32-20-7-4-6-19(26(20)33-28)22-8-5-11-37-22/h4-8,11-15H,1-3,9-10,16H2,(H,32,33)(H,34,35). The van der Waals surface area contributed by atoms with E-state index in [1.807, 2.05) is 41.9 Å². The molecule has 2 N–H and O–H groups in total. The van der Waals surface area contributed by atoms with Gasteiger partial charge in [-0.15, -0.1) is 11.3 Å². The molecule has 184 valence electrons. The Morgan fingerprint density at radius 1 is 0.973 bits per heavy atom. The number of fused-ring (bicyclic) bond motifs is 2. The molecule has 0 bridgehead atoms. The lowest BCUT2D eigenvalue weighted by Crippen LogP contribution is -2.29. The number of para-hydroxylation sites is 1. The second kappa shape index (κ2) is 9.17. The molecular formula is C28H24FN7S. The number of benzene rings is 1. The molecule has 0 atom stereocenters. The van der Waals surface area contributed by atoms with Crippen molar-refractivity contribution in [3.63, 3.8) is 0 Å². The summed E-state index contributed by atoms with van der Waals surface area (Å²) < 4.78 is 16.1. The minimum absolute atomic E-state index is 0.263. The number of thiophene rings is 1. The number of imidazole rings is 1. The zero-order valence-corrected chi connectivity index (χ0v) is 20.9. The minimum Gasteiger partial charge on any atom is -0.337 e. The highest BCUT2D eigenvalue weighted by Gasteiger charge is 2.21. The Bertz CT molecular complexity index is 1710. The normalized spacial score (nSPS) is 14.6. The lowest BCUT2D eigenvalue weighted by molar-refractivity contribution is 0.220. The Labute approximate surface area is 216 Å². The summed E-state index contributed by atoms with van der Waals surface area (Å²) in [5.41, 5.74) is 5.68. The van der Waals surface area contributed by atoms with Crippen molar-refractivity contribution in [3.05, 3.63) is 71.7 Å². The molecule has 6 heterocycles. The molecule has 0 spiro atoms. The predicted molar refractivity (Wildman–Crippen MR) is 145 cm³/mol. The number of nitrogens with zero attached hydrogens (tertiary/aromatic N) is 5. The number of halogens is 1. The Morgan fingerprint density at radius 2 is 1.89 bits per heavy atom. The van der Waals surface area contributed by atoms with Gasteiger partial charge in [-0.25, -0.2) is 9.37 Å². The molecule has 1 saturated heterocycles. The quantitative estimate of drug-likeness (QED) is 0.280. The molecular weight excluding hydrogens is 485 g/mol. The molecule has 1 aromatic carbocycles. The number of hydrogen-bond donors (Lipinski definition) is 2. The Kier molecular flexibility index (Phi) is 5.52. The molecule has 0 radical (unpaired) electrons. The molecule has 37 heavy (non-hydrogen) atoms. The van der Waals surface area contributed by atoms with Crippen LogP contribution in [0.3, 0.4) is 0 Å². The maximum Gasteiger partial charge on any atom is 0.161 e. The van der Waals surface area contributed by atoms with Crippen LogP contribution in [0.25, 0.3) is 55.2 Å². The lowest BCUT2D eigenvalue weighted by atomic mass is 10.1. The fourth-order valence-corrected chi connectivity index (χ4v) is 5.95. The number of likely N-dealkylation sites (tertiary alicyclic amines) is 1. The summed E-state index contributed by atoms with van der Waals surface area (Å²) in [6.07, 6.45) is 8.89. The number of H-pyrrole nitrogens is 2. The number of piperidine rings is 1. The summed E-state index contributed by atoms with van der Waals surface area (Å²) in [5.74, 6) is 0.0791. The number of nitrogens with one attached hydrogen (secondary N) is 2. The lowest BCUT2D eigenvalue weighted by Gasteiger charge is -2.26. The molecule has 9 heteroatoms. The first-order chi connectivity index (χ1) is 18.2. The van der Waals surface area contributed by atoms with Crippen LogP contribution < -0.4 is 0 Å². The van der Waals surface area contributed by atoms with Gasteiger partial charge in [-0.2, -0.15) is 5.10 Å². The van der Waals surface area contributed by atoms with Crippen molar-refractivity contribution in [2.75, 3.05) is 13.1 Å². The Balaban J connectivity index is 1.30. The molecule has 1 aliphatic heterocycles. The van der Waals surface area contributed by atoms with E-state index in [0.717, 1.165) is 46.7 Å². The highest BCUT2D eigenvalue weighted by Crippen LogP contribution is 2.35. The zero-order chi connectivity index (χ0) is 24.8. The minimum atomic E-state index is -0.433. The van der Waals surface area contributed by atoms with Crippen molar-refractivity contribution in [2.24, 2.45) is 0 Å². The molecule has 7 rings (SSSR count). The third-order valence-electron chi connectivity index (χ3n) is 6.99. The van der Waals surface area contributed by atoms with Gasteiger partial charge in [-0.05, 0) is 55.1 Å². The number of pyridine rings is 2. The molecule has 0 saturated carbocycles. The fraction of sp³-hybridized carbons (Fsp3) is 0.214. The molecule has 0 amide bonds. The van der Waals surface area contributed by atoms with Gasteiger partial charge in [0.2, 0.25) is 0 Å². The number of aromatic amines is 2. The summed E-state index contributed by atoms with van der Waals surface area (Å²) in [6, 6.07) is 12.1. The zero-order valence-electron chi connectivity index (χ0n) is 20.0.